The summed E-state index contributed by atoms with van der Waals surface area (Å²) in [5, 5.41) is 5.56. The normalized spacial score (nSPS) is 13.7. The molecule has 0 aliphatic carbocycles. The Labute approximate surface area is 163 Å². The zero-order valence-electron chi connectivity index (χ0n) is 15.8. The van der Waals surface area contributed by atoms with Gasteiger partial charge in [0.2, 0.25) is 5.91 Å². The maximum atomic E-state index is 13.0. The number of carbonyl (C=O) groups is 2. The largest absolute Gasteiger partial charge is 0.486 e. The van der Waals surface area contributed by atoms with E-state index in [1.807, 2.05) is 32.0 Å². The summed E-state index contributed by atoms with van der Waals surface area (Å²) in [4.78, 5) is 25.0. The lowest BCUT2D eigenvalue weighted by atomic mass is 10.0. The quantitative estimate of drug-likeness (QED) is 0.800. The Kier molecular flexibility index (Phi) is 6.13. The van der Waals surface area contributed by atoms with Crippen LogP contribution >= 0.6 is 0 Å². The molecule has 3 rings (SSSR count). The molecule has 6 nitrogen and oxygen atoms in total. The first-order valence-corrected chi connectivity index (χ1v) is 9.16. The lowest BCUT2D eigenvalue weighted by Crippen LogP contribution is -2.49. The van der Waals surface area contributed by atoms with E-state index in [1.165, 1.54) is 24.3 Å². The predicted molar refractivity (Wildman–Crippen MR) is 102 cm³/mol. The third-order valence-electron chi connectivity index (χ3n) is 4.42. The average Bonchev–Trinajstić information content (AvgIpc) is 2.70. The van der Waals surface area contributed by atoms with Crippen LogP contribution in [0.25, 0.3) is 0 Å². The van der Waals surface area contributed by atoms with Gasteiger partial charge >= 0.3 is 0 Å². The maximum Gasteiger partial charge on any atom is 0.251 e. The summed E-state index contributed by atoms with van der Waals surface area (Å²) >= 11 is 0. The van der Waals surface area contributed by atoms with Gasteiger partial charge in [-0.3, -0.25) is 9.59 Å². The average molecular weight is 386 g/mol. The molecule has 1 heterocycles. The highest BCUT2D eigenvalue weighted by molar-refractivity contribution is 5.97. The van der Waals surface area contributed by atoms with Crippen molar-refractivity contribution in [2.45, 2.75) is 26.4 Å². The summed E-state index contributed by atoms with van der Waals surface area (Å²) in [5.74, 6) is 0.0864. The van der Waals surface area contributed by atoms with E-state index in [0.29, 0.717) is 36.8 Å². The number of ether oxygens (including phenoxy) is 2. The molecule has 1 unspecified atom stereocenters. The molecule has 2 amide bonds. The van der Waals surface area contributed by atoms with E-state index in [1.54, 1.807) is 0 Å². The van der Waals surface area contributed by atoms with Gasteiger partial charge in [-0.05, 0) is 47.9 Å². The molecule has 0 fully saturated rings. The third kappa shape index (κ3) is 4.79. The molecule has 2 N–H and O–H groups in total. The second-order valence-corrected chi connectivity index (χ2v) is 6.90. The maximum absolute atomic E-state index is 13.0. The highest BCUT2D eigenvalue weighted by Gasteiger charge is 2.24. The fourth-order valence-electron chi connectivity index (χ4n) is 2.86. The van der Waals surface area contributed by atoms with Crippen molar-refractivity contribution in [2.24, 2.45) is 5.92 Å². The molecule has 0 bridgehead atoms. The summed E-state index contributed by atoms with van der Waals surface area (Å²) in [5.41, 5.74) is 1.16. The van der Waals surface area contributed by atoms with Crippen molar-refractivity contribution >= 4 is 11.8 Å². The number of rotatable bonds is 6. The van der Waals surface area contributed by atoms with Gasteiger partial charge in [-0.1, -0.05) is 19.9 Å². The summed E-state index contributed by atoms with van der Waals surface area (Å²) < 4.78 is 24.1. The van der Waals surface area contributed by atoms with Gasteiger partial charge in [-0.2, -0.15) is 0 Å². The van der Waals surface area contributed by atoms with Crippen LogP contribution in [0.1, 0.15) is 29.8 Å². The Morgan fingerprint density at radius 1 is 1.04 bits per heavy atom. The van der Waals surface area contributed by atoms with Crippen molar-refractivity contribution in [1.29, 1.82) is 0 Å². The fourth-order valence-corrected chi connectivity index (χ4v) is 2.86. The molecule has 2 aromatic carbocycles. The molecule has 0 saturated heterocycles. The molecule has 1 aliphatic heterocycles. The number of amides is 2. The Hall–Kier alpha value is -3.09. The van der Waals surface area contributed by atoms with Crippen LogP contribution in [0.4, 0.5) is 4.39 Å². The van der Waals surface area contributed by atoms with Crippen molar-refractivity contribution in [3.8, 4) is 11.5 Å². The van der Waals surface area contributed by atoms with Gasteiger partial charge in [0.15, 0.2) is 11.5 Å². The molecule has 0 aromatic heterocycles. The monoisotopic (exact) mass is 386 g/mol. The molecular weight excluding hydrogens is 363 g/mol. The molecule has 0 spiro atoms. The standard InChI is InChI=1S/C21H23FN2O4/c1-13(2)19(24-20(25)15-4-6-16(22)7-5-15)21(26)23-12-14-3-8-17-18(11-14)28-10-9-27-17/h3-8,11,13,19H,9-10,12H2,1-2H3,(H,23,26)(H,24,25). The van der Waals surface area contributed by atoms with Crippen LogP contribution in [0.2, 0.25) is 0 Å². The number of benzene rings is 2. The Morgan fingerprint density at radius 2 is 1.71 bits per heavy atom. The van der Waals surface area contributed by atoms with E-state index in [4.69, 9.17) is 9.47 Å². The van der Waals surface area contributed by atoms with Gasteiger partial charge in [0.25, 0.3) is 5.91 Å². The minimum atomic E-state index is -0.713. The summed E-state index contributed by atoms with van der Waals surface area (Å²) in [7, 11) is 0. The lowest BCUT2D eigenvalue weighted by Gasteiger charge is -2.22. The van der Waals surface area contributed by atoms with Crippen molar-refractivity contribution in [2.75, 3.05) is 13.2 Å². The van der Waals surface area contributed by atoms with Crippen molar-refractivity contribution < 1.29 is 23.5 Å². The Balaban J connectivity index is 1.61. The minimum absolute atomic E-state index is 0.121. The van der Waals surface area contributed by atoms with E-state index < -0.39 is 17.8 Å². The van der Waals surface area contributed by atoms with Crippen LogP contribution in [0.5, 0.6) is 11.5 Å². The number of hydrogen-bond donors (Lipinski definition) is 2. The zero-order valence-corrected chi connectivity index (χ0v) is 15.8. The van der Waals surface area contributed by atoms with Crippen LogP contribution in [0.15, 0.2) is 42.5 Å². The van der Waals surface area contributed by atoms with Gasteiger partial charge in [-0.15, -0.1) is 0 Å². The first kappa shape index (κ1) is 19.7. The highest BCUT2D eigenvalue weighted by atomic mass is 19.1. The second kappa shape index (κ2) is 8.73. The van der Waals surface area contributed by atoms with Crippen molar-refractivity contribution in [3.05, 3.63) is 59.4 Å². The van der Waals surface area contributed by atoms with Crippen molar-refractivity contribution in [3.63, 3.8) is 0 Å². The highest BCUT2D eigenvalue weighted by Crippen LogP contribution is 2.30. The molecule has 148 valence electrons. The van der Waals surface area contributed by atoms with E-state index in [2.05, 4.69) is 10.6 Å². The Morgan fingerprint density at radius 3 is 2.39 bits per heavy atom. The SMILES string of the molecule is CC(C)C(NC(=O)c1ccc(F)cc1)C(=O)NCc1ccc2c(c1)OCCO2. The van der Waals surface area contributed by atoms with Gasteiger partial charge in [0.05, 0.1) is 0 Å². The van der Waals surface area contributed by atoms with Crippen molar-refractivity contribution in [1.82, 2.24) is 10.6 Å². The molecule has 1 aliphatic rings. The predicted octanol–water partition coefficient (Wildman–Crippen LogP) is 2.67. The molecule has 0 radical (unpaired) electrons. The van der Waals surface area contributed by atoms with E-state index in [0.717, 1.165) is 5.56 Å². The number of halogens is 1. The lowest BCUT2D eigenvalue weighted by molar-refractivity contribution is -0.124. The van der Waals surface area contributed by atoms with Crippen LogP contribution in [0, 0.1) is 11.7 Å². The van der Waals surface area contributed by atoms with E-state index in [-0.39, 0.29) is 11.8 Å². The third-order valence-corrected chi connectivity index (χ3v) is 4.42. The minimum Gasteiger partial charge on any atom is -0.486 e. The molecule has 28 heavy (non-hydrogen) atoms. The first-order valence-electron chi connectivity index (χ1n) is 9.16. The zero-order chi connectivity index (χ0) is 20.1. The van der Waals surface area contributed by atoms with Crippen LogP contribution in [-0.2, 0) is 11.3 Å². The van der Waals surface area contributed by atoms with Crippen LogP contribution in [0.3, 0.4) is 0 Å². The Bertz CT molecular complexity index is 852. The number of carbonyl (C=O) groups excluding carboxylic acids is 2. The smallest absolute Gasteiger partial charge is 0.251 e. The number of nitrogens with one attached hydrogen (secondary N) is 2. The summed E-state index contributed by atoms with van der Waals surface area (Å²) in [6.45, 7) is 5.00. The van der Waals surface area contributed by atoms with E-state index in [9.17, 15) is 14.0 Å². The van der Waals surface area contributed by atoms with Crippen LogP contribution < -0.4 is 20.1 Å². The van der Waals surface area contributed by atoms with Gasteiger partial charge in [0.1, 0.15) is 25.1 Å². The summed E-state index contributed by atoms with van der Waals surface area (Å²) in [6, 6.07) is 9.97. The van der Waals surface area contributed by atoms with Gasteiger partial charge in [0, 0.05) is 12.1 Å². The molecule has 7 heteroatoms. The first-order chi connectivity index (χ1) is 13.4. The summed E-state index contributed by atoms with van der Waals surface area (Å²) in [6.07, 6.45) is 0. The van der Waals surface area contributed by atoms with Gasteiger partial charge in [-0.25, -0.2) is 4.39 Å². The second-order valence-electron chi connectivity index (χ2n) is 6.90. The number of hydrogen-bond acceptors (Lipinski definition) is 4. The molecule has 1 atom stereocenters. The molecular formula is C21H23FN2O4. The van der Waals surface area contributed by atoms with Gasteiger partial charge < -0.3 is 20.1 Å². The van der Waals surface area contributed by atoms with Crippen LogP contribution in [-0.4, -0.2) is 31.1 Å². The number of fused-ring (bicyclic) bond motifs is 1. The molecule has 2 aromatic rings. The van der Waals surface area contributed by atoms with E-state index >= 15 is 0 Å². The topological polar surface area (TPSA) is 76.7 Å². The molecule has 0 saturated carbocycles. The fraction of sp³-hybridized carbons (Fsp3) is 0.333.